The number of carbonyl (C=O) groups is 1. The summed E-state index contributed by atoms with van der Waals surface area (Å²) in [6, 6.07) is 24.6. The quantitative estimate of drug-likeness (QED) is 0.667. The van der Waals surface area contributed by atoms with Crippen molar-refractivity contribution < 1.29 is 4.79 Å². The lowest BCUT2D eigenvalue weighted by Gasteiger charge is -2.21. The Morgan fingerprint density at radius 1 is 0.815 bits per heavy atom. The van der Waals surface area contributed by atoms with Gasteiger partial charge in [-0.05, 0) is 67.0 Å². The lowest BCUT2D eigenvalue weighted by Crippen LogP contribution is -2.29. The normalized spacial score (nSPS) is 14.3. The van der Waals surface area contributed by atoms with Gasteiger partial charge in [-0.25, -0.2) is 0 Å². The lowest BCUT2D eigenvalue weighted by atomic mass is 9.90. The van der Waals surface area contributed by atoms with Crippen molar-refractivity contribution in [2.45, 2.75) is 38.6 Å². The van der Waals surface area contributed by atoms with Crippen molar-refractivity contribution in [1.82, 2.24) is 5.32 Å². The van der Waals surface area contributed by atoms with Gasteiger partial charge in [0.2, 0.25) is 0 Å². The number of amides is 1. The minimum Gasteiger partial charge on any atom is -0.341 e. The minimum absolute atomic E-state index is 0.0159. The van der Waals surface area contributed by atoms with Crippen LogP contribution in [0.3, 0.4) is 0 Å². The van der Waals surface area contributed by atoms with E-state index in [0.29, 0.717) is 0 Å². The van der Waals surface area contributed by atoms with E-state index in [2.05, 4.69) is 60.8 Å². The van der Waals surface area contributed by atoms with Gasteiger partial charge >= 0.3 is 0 Å². The van der Waals surface area contributed by atoms with E-state index in [-0.39, 0.29) is 11.9 Å². The average Bonchev–Trinajstić information content (AvgIpc) is 2.73. The van der Waals surface area contributed by atoms with E-state index >= 15 is 0 Å². The first-order valence-electron chi connectivity index (χ1n) is 9.75. The monoisotopic (exact) mass is 355 g/mol. The summed E-state index contributed by atoms with van der Waals surface area (Å²) in [5, 5.41) is 3.25. The summed E-state index contributed by atoms with van der Waals surface area (Å²) in [4.78, 5) is 13.0. The molecule has 2 nitrogen and oxygen atoms in total. The Bertz CT molecular complexity index is 928. The number of hydrogen-bond donors (Lipinski definition) is 1. The third-order valence-electron chi connectivity index (χ3n) is 5.43. The van der Waals surface area contributed by atoms with Crippen LogP contribution in [0.4, 0.5) is 0 Å². The van der Waals surface area contributed by atoms with Crippen molar-refractivity contribution in [2.24, 2.45) is 0 Å². The first kappa shape index (κ1) is 17.5. The Kier molecular flexibility index (Phi) is 5.06. The molecule has 3 aromatic carbocycles. The van der Waals surface area contributed by atoms with Crippen molar-refractivity contribution in [3.05, 3.63) is 106 Å². The largest absolute Gasteiger partial charge is 0.341 e. The Labute approximate surface area is 161 Å². The Balaban J connectivity index is 1.63. The molecule has 0 spiro atoms. The molecule has 1 N–H and O–H groups in total. The molecule has 1 aliphatic carbocycles. The zero-order valence-corrected chi connectivity index (χ0v) is 15.7. The van der Waals surface area contributed by atoms with Crippen LogP contribution in [0.1, 0.15) is 57.1 Å². The maximum atomic E-state index is 13.0. The van der Waals surface area contributed by atoms with Crippen LogP contribution in [0.2, 0.25) is 0 Å². The SMILES string of the molecule is Cc1ccc([C@@H](NC(=O)c2ccc3c(c2)CCCC3)c2ccccc2)cc1. The fourth-order valence-electron chi connectivity index (χ4n) is 3.85. The number of carbonyl (C=O) groups excluding carboxylic acids is 1. The number of fused-ring (bicyclic) bond motifs is 1. The molecule has 0 heterocycles. The Morgan fingerprint density at radius 3 is 2.22 bits per heavy atom. The number of nitrogens with one attached hydrogen (secondary N) is 1. The van der Waals surface area contributed by atoms with E-state index in [4.69, 9.17) is 0 Å². The summed E-state index contributed by atoms with van der Waals surface area (Å²) in [6.07, 6.45) is 4.68. The molecule has 0 aromatic heterocycles. The van der Waals surface area contributed by atoms with Crippen molar-refractivity contribution >= 4 is 5.91 Å². The smallest absolute Gasteiger partial charge is 0.252 e. The topological polar surface area (TPSA) is 29.1 Å². The molecule has 2 heteroatoms. The van der Waals surface area contributed by atoms with Gasteiger partial charge in [0.25, 0.3) is 5.91 Å². The maximum absolute atomic E-state index is 13.0. The highest BCUT2D eigenvalue weighted by molar-refractivity contribution is 5.95. The molecule has 0 aliphatic heterocycles. The molecule has 27 heavy (non-hydrogen) atoms. The van der Waals surface area contributed by atoms with Crippen molar-refractivity contribution in [3.63, 3.8) is 0 Å². The molecule has 4 rings (SSSR count). The first-order chi connectivity index (χ1) is 13.2. The van der Waals surface area contributed by atoms with Crippen LogP contribution in [0.5, 0.6) is 0 Å². The van der Waals surface area contributed by atoms with E-state index in [1.807, 2.05) is 24.3 Å². The fraction of sp³-hybridized carbons (Fsp3) is 0.240. The summed E-state index contributed by atoms with van der Waals surface area (Å²) in [5.74, 6) is -0.0159. The van der Waals surface area contributed by atoms with Gasteiger partial charge in [-0.2, -0.15) is 0 Å². The number of hydrogen-bond acceptors (Lipinski definition) is 1. The summed E-state index contributed by atoms with van der Waals surface area (Å²) in [7, 11) is 0. The molecule has 0 unspecified atom stereocenters. The van der Waals surface area contributed by atoms with Crippen LogP contribution in [0, 0.1) is 6.92 Å². The van der Waals surface area contributed by atoms with Gasteiger partial charge in [-0.15, -0.1) is 0 Å². The fourth-order valence-corrected chi connectivity index (χ4v) is 3.85. The van der Waals surface area contributed by atoms with Gasteiger partial charge in [0.05, 0.1) is 6.04 Å². The third-order valence-corrected chi connectivity index (χ3v) is 5.43. The summed E-state index contributed by atoms with van der Waals surface area (Å²) < 4.78 is 0. The number of rotatable bonds is 4. The summed E-state index contributed by atoms with van der Waals surface area (Å²) >= 11 is 0. The molecule has 0 saturated heterocycles. The average molecular weight is 355 g/mol. The van der Waals surface area contributed by atoms with Gasteiger partial charge in [0.15, 0.2) is 0 Å². The van der Waals surface area contributed by atoms with Crippen LogP contribution in [-0.2, 0) is 12.8 Å². The van der Waals surface area contributed by atoms with Crippen LogP contribution < -0.4 is 5.32 Å². The molecule has 136 valence electrons. The molecule has 1 atom stereocenters. The molecule has 0 radical (unpaired) electrons. The second kappa shape index (κ2) is 7.79. The zero-order valence-electron chi connectivity index (χ0n) is 15.7. The predicted molar refractivity (Wildman–Crippen MR) is 110 cm³/mol. The van der Waals surface area contributed by atoms with Crippen LogP contribution >= 0.6 is 0 Å². The molecule has 0 saturated carbocycles. The van der Waals surface area contributed by atoms with Gasteiger partial charge in [0, 0.05) is 5.56 Å². The van der Waals surface area contributed by atoms with Gasteiger partial charge < -0.3 is 5.32 Å². The Morgan fingerprint density at radius 2 is 1.48 bits per heavy atom. The molecule has 3 aromatic rings. The maximum Gasteiger partial charge on any atom is 0.252 e. The minimum atomic E-state index is -0.157. The zero-order chi connectivity index (χ0) is 18.6. The van der Waals surface area contributed by atoms with E-state index in [9.17, 15) is 4.79 Å². The summed E-state index contributed by atoms with van der Waals surface area (Å²) in [6.45, 7) is 2.08. The lowest BCUT2D eigenvalue weighted by molar-refractivity contribution is 0.0943. The third kappa shape index (κ3) is 3.95. The van der Waals surface area contributed by atoms with E-state index in [0.717, 1.165) is 29.5 Å². The molecule has 1 aliphatic rings. The van der Waals surface area contributed by atoms with Crippen molar-refractivity contribution in [2.75, 3.05) is 0 Å². The van der Waals surface area contributed by atoms with E-state index in [1.165, 1.54) is 29.5 Å². The van der Waals surface area contributed by atoms with Crippen molar-refractivity contribution in [3.8, 4) is 0 Å². The van der Waals surface area contributed by atoms with Gasteiger partial charge in [-0.3, -0.25) is 4.79 Å². The second-order valence-corrected chi connectivity index (χ2v) is 7.42. The molecule has 1 amide bonds. The van der Waals surface area contributed by atoms with Crippen molar-refractivity contribution in [1.29, 1.82) is 0 Å². The predicted octanol–water partition coefficient (Wildman–Crippen LogP) is 5.39. The highest BCUT2D eigenvalue weighted by atomic mass is 16.1. The van der Waals surface area contributed by atoms with Crippen LogP contribution in [0.15, 0.2) is 72.8 Å². The van der Waals surface area contributed by atoms with Crippen LogP contribution in [0.25, 0.3) is 0 Å². The molecular weight excluding hydrogens is 330 g/mol. The standard InChI is InChI=1S/C25H25NO/c1-18-11-13-21(14-12-18)24(20-8-3-2-4-9-20)26-25(27)23-16-15-19-7-5-6-10-22(19)17-23/h2-4,8-9,11-17,24H,5-7,10H2,1H3,(H,26,27)/t24-/m0/s1. The molecule has 0 fully saturated rings. The molecular formula is C25H25NO. The van der Waals surface area contributed by atoms with E-state index < -0.39 is 0 Å². The first-order valence-corrected chi connectivity index (χ1v) is 9.75. The number of aryl methyl sites for hydroxylation is 3. The van der Waals surface area contributed by atoms with Gasteiger partial charge in [0.1, 0.15) is 0 Å². The van der Waals surface area contributed by atoms with Crippen LogP contribution in [-0.4, -0.2) is 5.91 Å². The molecule has 0 bridgehead atoms. The summed E-state index contributed by atoms with van der Waals surface area (Å²) in [5.41, 5.74) is 6.89. The highest BCUT2D eigenvalue weighted by Crippen LogP contribution is 2.25. The second-order valence-electron chi connectivity index (χ2n) is 7.42. The van der Waals surface area contributed by atoms with Gasteiger partial charge in [-0.1, -0.05) is 66.2 Å². The highest BCUT2D eigenvalue weighted by Gasteiger charge is 2.19. The Hall–Kier alpha value is -2.87. The number of benzene rings is 3. The van der Waals surface area contributed by atoms with E-state index in [1.54, 1.807) is 0 Å².